The van der Waals surface area contributed by atoms with Crippen LogP contribution < -0.4 is 0 Å². The minimum atomic E-state index is -1.23. The lowest BCUT2D eigenvalue weighted by atomic mass is 9.86. The highest BCUT2D eigenvalue weighted by molar-refractivity contribution is 7.88. The molecule has 0 aliphatic carbocycles. The quantitative estimate of drug-likeness (QED) is 0.670. The van der Waals surface area contributed by atoms with E-state index in [9.17, 15) is 8.42 Å². The van der Waals surface area contributed by atoms with Crippen molar-refractivity contribution in [2.45, 2.75) is 12.8 Å². The summed E-state index contributed by atoms with van der Waals surface area (Å²) in [7, 11) is -2.45. The molecule has 0 radical (unpaired) electrons. The fourth-order valence-electron chi connectivity index (χ4n) is 1.09. The predicted octanol–water partition coefficient (Wildman–Crippen LogP) is 1.58. The summed E-state index contributed by atoms with van der Waals surface area (Å²) in [6.45, 7) is 6.75. The third-order valence-corrected chi connectivity index (χ3v) is 4.22. The van der Waals surface area contributed by atoms with Gasteiger partial charge in [-0.05, 0) is 23.7 Å². The van der Waals surface area contributed by atoms with Crippen molar-refractivity contribution in [1.29, 1.82) is 10.5 Å². The molecule has 0 bridgehead atoms. The Labute approximate surface area is 107 Å². The van der Waals surface area contributed by atoms with Gasteiger partial charge in [-0.2, -0.15) is 10.5 Å². The Morgan fingerprint density at radius 3 is 1.59 bits per heavy atom. The summed E-state index contributed by atoms with van der Waals surface area (Å²) in [5.74, 6) is 0.427. The Bertz CT molecular complexity index is 378. The van der Waals surface area contributed by atoms with Crippen LogP contribution in [-0.4, -0.2) is 19.9 Å². The first kappa shape index (κ1) is 15.8. The van der Waals surface area contributed by atoms with Crippen LogP contribution in [0.1, 0.15) is 12.8 Å². The van der Waals surface area contributed by atoms with Gasteiger partial charge in [-0.25, -0.2) is 0 Å². The average molecular weight is 270 g/mol. The zero-order valence-corrected chi connectivity index (χ0v) is 11.1. The van der Waals surface area contributed by atoms with Crippen molar-refractivity contribution < 1.29 is 8.42 Å². The van der Waals surface area contributed by atoms with Crippen molar-refractivity contribution in [2.75, 3.05) is 11.5 Å². The van der Waals surface area contributed by atoms with Crippen LogP contribution in [0.5, 0.6) is 0 Å². The topological polar surface area (TPSA) is 81.7 Å². The third-order valence-electron chi connectivity index (χ3n) is 2.26. The van der Waals surface area contributed by atoms with E-state index in [0.717, 1.165) is 0 Å². The van der Waals surface area contributed by atoms with Gasteiger partial charge in [0.2, 0.25) is 0 Å². The summed E-state index contributed by atoms with van der Waals surface area (Å²) in [6.07, 6.45) is 0.375. The van der Waals surface area contributed by atoms with Gasteiger partial charge in [-0.3, -0.25) is 8.42 Å². The van der Waals surface area contributed by atoms with E-state index >= 15 is 0 Å². The van der Waals surface area contributed by atoms with Gasteiger partial charge >= 0.3 is 0 Å². The zero-order chi connectivity index (χ0) is 13.3. The minimum absolute atomic E-state index is 0.187. The maximum atomic E-state index is 11.2. The molecule has 0 heterocycles. The summed E-state index contributed by atoms with van der Waals surface area (Å²) in [4.78, 5) is 0. The lowest BCUT2D eigenvalue weighted by Crippen LogP contribution is -2.21. The van der Waals surface area contributed by atoms with Gasteiger partial charge in [0.25, 0.3) is 0 Å². The first-order valence-electron chi connectivity index (χ1n) is 4.85. The van der Waals surface area contributed by atoms with Gasteiger partial charge in [0.05, 0.1) is 12.1 Å². The van der Waals surface area contributed by atoms with E-state index < -0.39 is 27.0 Å². The maximum Gasteiger partial charge on any atom is 0.145 e. The van der Waals surface area contributed by atoms with Crippen LogP contribution in [0.25, 0.3) is 0 Å². The molecule has 0 spiro atoms. The molecule has 0 saturated heterocycles. The molecule has 17 heavy (non-hydrogen) atoms. The van der Waals surface area contributed by atoms with Gasteiger partial charge in [0.1, 0.15) is 5.41 Å². The van der Waals surface area contributed by atoms with Crippen molar-refractivity contribution in [3.63, 3.8) is 0 Å². The van der Waals surface area contributed by atoms with Gasteiger partial charge in [0, 0.05) is 33.1 Å². The fraction of sp³-hybridized carbons (Fsp3) is 0.455. The number of hydrogen-bond donors (Lipinski definition) is 0. The number of nitriles is 2. The van der Waals surface area contributed by atoms with Crippen molar-refractivity contribution in [2.24, 2.45) is 5.41 Å². The summed E-state index contributed by atoms with van der Waals surface area (Å²) in [6, 6.07) is 3.85. The van der Waals surface area contributed by atoms with Crippen molar-refractivity contribution in [1.82, 2.24) is 0 Å². The Balaban J connectivity index is 4.58. The standard InChI is InChI=1S/C11H14N2O2S2/c1-3-16(14)7-5-11(9-12,10-13)6-8-17(15)4-2/h3-4H,1-2,5-8H2. The second-order valence-electron chi connectivity index (χ2n) is 3.31. The van der Waals surface area contributed by atoms with Crippen LogP contribution in [0, 0.1) is 28.1 Å². The maximum absolute atomic E-state index is 11.2. The second-order valence-corrected chi connectivity index (χ2v) is 6.31. The van der Waals surface area contributed by atoms with Crippen molar-refractivity contribution in [3.05, 3.63) is 24.0 Å². The Hall–Kier alpha value is -1.24. The first-order chi connectivity index (χ1) is 8.03. The summed E-state index contributed by atoms with van der Waals surface area (Å²) < 4.78 is 22.4. The molecular weight excluding hydrogens is 256 g/mol. The van der Waals surface area contributed by atoms with Gasteiger partial charge in [0.15, 0.2) is 0 Å². The van der Waals surface area contributed by atoms with Crippen molar-refractivity contribution in [3.8, 4) is 12.1 Å². The fourth-order valence-corrected chi connectivity index (χ4v) is 2.52. The molecule has 4 nitrogen and oxygen atoms in total. The number of rotatable bonds is 8. The Kier molecular flexibility index (Phi) is 7.36. The highest BCUT2D eigenvalue weighted by Crippen LogP contribution is 2.25. The summed E-state index contributed by atoms with van der Waals surface area (Å²) in [5.41, 5.74) is -1.22. The molecule has 0 N–H and O–H groups in total. The molecule has 0 aromatic heterocycles. The van der Waals surface area contributed by atoms with Gasteiger partial charge < -0.3 is 0 Å². The molecule has 92 valence electrons. The smallest absolute Gasteiger partial charge is 0.145 e. The van der Waals surface area contributed by atoms with E-state index in [1.165, 1.54) is 10.8 Å². The molecule has 0 fully saturated rings. The zero-order valence-electron chi connectivity index (χ0n) is 9.42. The number of hydrogen-bond acceptors (Lipinski definition) is 4. The van der Waals surface area contributed by atoms with Crippen LogP contribution in [-0.2, 0) is 21.6 Å². The van der Waals surface area contributed by atoms with Crippen molar-refractivity contribution >= 4 is 21.6 Å². The van der Waals surface area contributed by atoms with Crippen LogP contribution in [0.15, 0.2) is 24.0 Å². The second kappa shape index (κ2) is 7.94. The van der Waals surface area contributed by atoms with Gasteiger partial charge in [-0.15, -0.1) is 0 Å². The predicted molar refractivity (Wildman–Crippen MR) is 69.3 cm³/mol. The van der Waals surface area contributed by atoms with E-state index in [1.807, 2.05) is 12.1 Å². The van der Waals surface area contributed by atoms with E-state index in [4.69, 9.17) is 10.5 Å². The molecular formula is C11H14N2O2S2. The van der Waals surface area contributed by atoms with E-state index in [2.05, 4.69) is 13.2 Å². The molecule has 0 saturated carbocycles. The Morgan fingerprint density at radius 2 is 1.35 bits per heavy atom. The van der Waals surface area contributed by atoms with E-state index in [1.54, 1.807) is 0 Å². The Morgan fingerprint density at radius 1 is 1.00 bits per heavy atom. The molecule has 0 aliphatic rings. The normalized spacial score (nSPS) is 14.0. The highest BCUT2D eigenvalue weighted by atomic mass is 32.2. The SMILES string of the molecule is C=CS(=O)CCC(C#N)(C#N)CCS(=O)C=C. The molecule has 0 aromatic carbocycles. The largest absolute Gasteiger partial charge is 0.255 e. The lowest BCUT2D eigenvalue weighted by molar-refractivity contribution is 0.488. The molecule has 0 rings (SSSR count). The number of nitrogens with zero attached hydrogens (tertiary/aromatic N) is 2. The van der Waals surface area contributed by atoms with E-state index in [0.29, 0.717) is 0 Å². The molecule has 2 unspecified atom stereocenters. The van der Waals surface area contributed by atoms with Gasteiger partial charge in [-0.1, -0.05) is 13.2 Å². The lowest BCUT2D eigenvalue weighted by Gasteiger charge is -2.16. The van der Waals surface area contributed by atoms with Crippen LogP contribution >= 0.6 is 0 Å². The minimum Gasteiger partial charge on any atom is -0.255 e. The molecule has 0 amide bonds. The monoisotopic (exact) mass is 270 g/mol. The van der Waals surface area contributed by atoms with Crippen LogP contribution in [0.4, 0.5) is 0 Å². The summed E-state index contributed by atoms with van der Waals surface area (Å²) in [5, 5.41) is 20.6. The molecule has 2 atom stereocenters. The highest BCUT2D eigenvalue weighted by Gasteiger charge is 2.30. The first-order valence-corrected chi connectivity index (χ1v) is 7.62. The van der Waals surface area contributed by atoms with Crippen LogP contribution in [0.3, 0.4) is 0 Å². The van der Waals surface area contributed by atoms with E-state index in [-0.39, 0.29) is 24.3 Å². The third kappa shape index (κ3) is 5.58. The molecule has 0 aliphatic heterocycles. The molecule has 6 heteroatoms. The van der Waals surface area contributed by atoms with Crippen LogP contribution in [0.2, 0.25) is 0 Å². The summed E-state index contributed by atoms with van der Waals surface area (Å²) >= 11 is 0. The average Bonchev–Trinajstić information content (AvgIpc) is 2.38. The molecule has 0 aromatic rings.